The van der Waals surface area contributed by atoms with Crippen molar-refractivity contribution in [2.75, 3.05) is 13.1 Å². The molecule has 6 nitrogen and oxygen atoms in total. The van der Waals surface area contributed by atoms with E-state index >= 15 is 9.59 Å². The molecule has 0 spiro atoms. The molecule has 0 radical (unpaired) electrons. The van der Waals surface area contributed by atoms with Crippen molar-refractivity contribution < 1.29 is 9.59 Å². The first-order valence-corrected chi connectivity index (χ1v) is 41.6. The summed E-state index contributed by atoms with van der Waals surface area (Å²) in [5.74, 6) is 0.606. The average molecular weight is 1410 g/mol. The Morgan fingerprint density at radius 1 is 0.352 bits per heavy atom. The molecule has 0 saturated carbocycles. The molecule has 2 aliphatic rings. The minimum Gasteiger partial charge on any atom is -0.304 e. The van der Waals surface area contributed by atoms with Gasteiger partial charge in [-0.2, -0.15) is 0 Å². The minimum absolute atomic E-state index is 0.0310. The highest BCUT2D eigenvalue weighted by molar-refractivity contribution is 9.11. The standard InChI is InChI=1S/C76H120Br2N4O2S4/c1-7-13-19-25-29-31-33-35-39-45-51-61-53-63(85-71(61)77)65-55-79-73(87-65)69-67-68(76(84)81(69)57-59(47-41-23-17-11-5)49-43-37-27-21-15-9-3)70(82(75(67)83)58-60(48-42-24-18-12-6)50-44-38-28-22-16-10-4)74-80-56-66(88-74)64-54-62(72(78)86-64)52-46-40-36-34-32-30-26-20-14-8-2/h53-56,59-60H,7-52,57-58H2,1-6H3. The second-order valence-corrected chi connectivity index (χ2v) is 33.4. The summed E-state index contributed by atoms with van der Waals surface area (Å²) in [7, 11) is 0. The van der Waals surface area contributed by atoms with Crippen LogP contribution in [0.2, 0.25) is 0 Å². The molecule has 2 atom stereocenters. The van der Waals surface area contributed by atoms with Gasteiger partial charge in [0.2, 0.25) is 0 Å². The van der Waals surface area contributed by atoms with E-state index < -0.39 is 0 Å². The van der Waals surface area contributed by atoms with Crippen molar-refractivity contribution in [3.8, 4) is 19.5 Å². The fourth-order valence-electron chi connectivity index (χ4n) is 13.5. The summed E-state index contributed by atoms with van der Waals surface area (Å²) in [5, 5.41) is 1.57. The van der Waals surface area contributed by atoms with E-state index in [-0.39, 0.29) is 11.8 Å². The number of aromatic nitrogens is 2. The first-order valence-electron chi connectivity index (χ1n) is 36.8. The number of fused-ring (bicyclic) bond motifs is 1. The van der Waals surface area contributed by atoms with E-state index in [0.717, 1.165) is 69.7 Å². The third kappa shape index (κ3) is 25.1. The number of amides is 2. The lowest BCUT2D eigenvalue weighted by molar-refractivity contribution is -0.124. The number of halogens is 2. The number of nitrogens with zero attached hydrogens (tertiary/aromatic N) is 4. The quantitative estimate of drug-likeness (QED) is 0.0413. The summed E-state index contributed by atoms with van der Waals surface area (Å²) in [4.78, 5) is 51.6. The lowest BCUT2D eigenvalue weighted by atomic mass is 9.93. The van der Waals surface area contributed by atoms with Crippen molar-refractivity contribution in [2.45, 2.75) is 337 Å². The second kappa shape index (κ2) is 44.6. The topological polar surface area (TPSA) is 66.4 Å². The highest BCUT2D eigenvalue weighted by atomic mass is 79.9. The molecule has 4 aromatic rings. The van der Waals surface area contributed by atoms with Gasteiger partial charge in [0.15, 0.2) is 0 Å². The Labute approximate surface area is 570 Å². The molecule has 0 bridgehead atoms. The van der Waals surface area contributed by atoms with Gasteiger partial charge in [0.25, 0.3) is 11.8 Å². The zero-order valence-corrected chi connectivity index (χ0v) is 62.8. The number of hydrogen-bond acceptors (Lipinski definition) is 8. The van der Waals surface area contributed by atoms with Gasteiger partial charge >= 0.3 is 0 Å². The van der Waals surface area contributed by atoms with Gasteiger partial charge in [-0.1, -0.05) is 286 Å². The molecular formula is C76H120Br2N4O2S4. The normalized spacial score (nSPS) is 14.3. The molecule has 6 rings (SSSR count). The Balaban J connectivity index is 1.36. The van der Waals surface area contributed by atoms with Crippen LogP contribution in [0.25, 0.3) is 30.9 Å². The lowest BCUT2D eigenvalue weighted by Crippen LogP contribution is -2.35. The van der Waals surface area contributed by atoms with E-state index in [0.29, 0.717) is 36.1 Å². The fraction of sp³-hybridized carbons (Fsp3) is 0.737. The smallest absolute Gasteiger partial charge is 0.261 e. The number of carbonyl (C=O) groups excluding carboxylic acids is 2. The highest BCUT2D eigenvalue weighted by Gasteiger charge is 2.51. The summed E-state index contributed by atoms with van der Waals surface area (Å²) >= 11 is 14.9. The molecule has 0 saturated heterocycles. The van der Waals surface area contributed by atoms with Gasteiger partial charge in [-0.3, -0.25) is 9.59 Å². The van der Waals surface area contributed by atoms with Crippen LogP contribution < -0.4 is 0 Å². The van der Waals surface area contributed by atoms with Crippen molar-refractivity contribution in [3.05, 3.63) is 64.4 Å². The van der Waals surface area contributed by atoms with Crippen molar-refractivity contribution in [1.29, 1.82) is 0 Å². The fourth-order valence-corrected chi connectivity index (χ4v) is 19.1. The first kappa shape index (κ1) is 75.1. The number of carbonyl (C=O) groups is 2. The summed E-state index contributed by atoms with van der Waals surface area (Å²) < 4.78 is 2.41. The van der Waals surface area contributed by atoms with E-state index in [1.165, 1.54) is 285 Å². The predicted molar refractivity (Wildman–Crippen MR) is 395 cm³/mol. The molecule has 4 aromatic heterocycles. The van der Waals surface area contributed by atoms with Crippen LogP contribution in [0.15, 0.2) is 43.2 Å². The average Bonchev–Trinajstić information content (AvgIpc) is 1.58. The summed E-state index contributed by atoms with van der Waals surface area (Å²) in [6, 6.07) is 4.76. The Morgan fingerprint density at radius 3 is 0.909 bits per heavy atom. The van der Waals surface area contributed by atoms with Crippen molar-refractivity contribution >= 4 is 100 Å². The van der Waals surface area contributed by atoms with E-state index in [4.69, 9.17) is 9.97 Å². The molecule has 6 heterocycles. The van der Waals surface area contributed by atoms with Crippen molar-refractivity contribution in [1.82, 2.24) is 19.8 Å². The van der Waals surface area contributed by atoms with Gasteiger partial charge in [-0.15, -0.1) is 45.3 Å². The summed E-state index contributed by atoms with van der Waals surface area (Å²) in [6.07, 6.45) is 61.9. The van der Waals surface area contributed by atoms with Gasteiger partial charge in [-0.05, 0) is 118 Å². The lowest BCUT2D eigenvalue weighted by Gasteiger charge is -2.29. The van der Waals surface area contributed by atoms with Crippen LogP contribution in [0.5, 0.6) is 0 Å². The number of unbranched alkanes of at least 4 members (excludes halogenated alkanes) is 34. The van der Waals surface area contributed by atoms with Crippen LogP contribution in [-0.4, -0.2) is 44.7 Å². The summed E-state index contributed by atoms with van der Waals surface area (Å²) in [6.45, 7) is 15.0. The van der Waals surface area contributed by atoms with Gasteiger partial charge < -0.3 is 9.80 Å². The molecule has 12 heteroatoms. The Kier molecular flexibility index (Phi) is 38.1. The maximum Gasteiger partial charge on any atom is 0.261 e. The number of aryl methyl sites for hydroxylation is 2. The zero-order valence-electron chi connectivity index (χ0n) is 56.4. The molecule has 2 unspecified atom stereocenters. The Hall–Kier alpha value is -1.96. The van der Waals surface area contributed by atoms with Crippen molar-refractivity contribution in [2.24, 2.45) is 11.8 Å². The molecule has 0 fully saturated rings. The van der Waals surface area contributed by atoms with Crippen LogP contribution >= 0.6 is 77.2 Å². The maximum absolute atomic E-state index is 16.1. The molecule has 88 heavy (non-hydrogen) atoms. The molecule has 2 amide bonds. The number of rotatable bonds is 54. The molecular weight excluding hydrogens is 1290 g/mol. The van der Waals surface area contributed by atoms with Crippen LogP contribution in [-0.2, 0) is 22.4 Å². The predicted octanol–water partition coefficient (Wildman–Crippen LogP) is 27.0. The van der Waals surface area contributed by atoms with Crippen LogP contribution in [0.4, 0.5) is 0 Å². The third-order valence-corrected chi connectivity index (χ3v) is 25.3. The van der Waals surface area contributed by atoms with E-state index in [2.05, 4.69) is 95.3 Å². The van der Waals surface area contributed by atoms with Gasteiger partial charge in [-0.25, -0.2) is 9.97 Å². The molecule has 0 N–H and O–H groups in total. The van der Waals surface area contributed by atoms with Crippen LogP contribution in [0.1, 0.15) is 345 Å². The molecule has 0 aromatic carbocycles. The van der Waals surface area contributed by atoms with Gasteiger partial charge in [0.1, 0.15) is 10.0 Å². The Morgan fingerprint density at radius 2 is 0.614 bits per heavy atom. The monoisotopic (exact) mass is 1410 g/mol. The van der Waals surface area contributed by atoms with Crippen LogP contribution in [0.3, 0.4) is 0 Å². The SMILES string of the molecule is CCCCCCCCCCCCc1cc(-c2cnc(C3=C4C(=O)N(CC(CCCCCC)CCCCCCCC)C(c5ncc(-c6cc(CCCCCCCCCCCC)c(Br)s6)s5)=C4C(=O)N3CC(CCCCCC)CCCCCCCC)s2)sc1Br. The van der Waals surface area contributed by atoms with Crippen molar-refractivity contribution in [3.63, 3.8) is 0 Å². The van der Waals surface area contributed by atoms with E-state index in [1.54, 1.807) is 45.3 Å². The highest BCUT2D eigenvalue weighted by Crippen LogP contribution is 2.51. The summed E-state index contributed by atoms with van der Waals surface area (Å²) in [5.41, 5.74) is 5.37. The second-order valence-electron chi connectivity index (χ2n) is 26.6. The number of thiazole rings is 2. The zero-order chi connectivity index (χ0) is 62.6. The van der Waals surface area contributed by atoms with Gasteiger partial charge in [0, 0.05) is 35.2 Å². The third-order valence-electron chi connectivity index (χ3n) is 18.9. The first-order chi connectivity index (χ1) is 43.2. The van der Waals surface area contributed by atoms with Crippen LogP contribution in [0, 0.1) is 11.8 Å². The molecule has 0 aliphatic carbocycles. The minimum atomic E-state index is -0.0310. The molecule has 2 aliphatic heterocycles. The number of thiophene rings is 2. The van der Waals surface area contributed by atoms with E-state index in [9.17, 15) is 0 Å². The maximum atomic E-state index is 16.1. The largest absolute Gasteiger partial charge is 0.304 e. The molecule has 494 valence electrons. The Bertz CT molecular complexity index is 2450. The van der Waals surface area contributed by atoms with Gasteiger partial charge in [0.05, 0.1) is 39.9 Å². The number of hydrogen-bond donors (Lipinski definition) is 0. The van der Waals surface area contributed by atoms with E-state index in [1.807, 2.05) is 12.4 Å².